The molecule has 4 aromatic carbocycles. The summed E-state index contributed by atoms with van der Waals surface area (Å²) in [6.45, 7) is 7.34. The Labute approximate surface area is 176 Å². The second-order valence-corrected chi connectivity index (χ2v) is 7.59. The maximum absolute atomic E-state index is 9.32. The Morgan fingerprint density at radius 3 is 1.70 bits per heavy atom. The summed E-state index contributed by atoms with van der Waals surface area (Å²) in [4.78, 5) is 3.58. The van der Waals surface area contributed by atoms with Gasteiger partial charge in [0.1, 0.15) is 0 Å². The zero-order chi connectivity index (χ0) is 20.6. The quantitative estimate of drug-likeness (QED) is 0.325. The van der Waals surface area contributed by atoms with Gasteiger partial charge in [-0.15, -0.1) is 0 Å². The first-order chi connectivity index (χ1) is 14.8. The molecule has 0 aromatic heterocycles. The summed E-state index contributed by atoms with van der Waals surface area (Å²) in [5.74, 6) is 0. The van der Waals surface area contributed by atoms with Gasteiger partial charge < -0.3 is 0 Å². The van der Waals surface area contributed by atoms with Gasteiger partial charge in [0.05, 0.1) is 23.6 Å². The lowest BCUT2D eigenvalue weighted by atomic mass is 9.59. The molecular weight excluding hydrogens is 364 g/mol. The molecule has 0 bridgehead atoms. The Bertz CT molecular complexity index is 1210. The van der Waals surface area contributed by atoms with E-state index in [9.17, 15) is 5.26 Å². The van der Waals surface area contributed by atoms with Crippen molar-refractivity contribution in [1.82, 2.24) is 0 Å². The predicted octanol–water partition coefficient (Wildman–Crippen LogP) is 6.40. The third kappa shape index (κ3) is 2.55. The van der Waals surface area contributed by atoms with Gasteiger partial charge in [-0.1, -0.05) is 84.9 Å². The number of hydrogen-bond donors (Lipinski definition) is 0. The van der Waals surface area contributed by atoms with Gasteiger partial charge >= 0.3 is 0 Å². The minimum absolute atomic E-state index is 0.500. The molecule has 1 aliphatic rings. The van der Waals surface area contributed by atoms with E-state index in [0.717, 1.165) is 17.5 Å². The third-order valence-corrected chi connectivity index (χ3v) is 6.10. The van der Waals surface area contributed by atoms with Crippen LogP contribution in [0.4, 0.5) is 5.69 Å². The number of benzene rings is 4. The van der Waals surface area contributed by atoms with E-state index in [1.165, 1.54) is 22.3 Å². The zero-order valence-electron chi connectivity index (χ0n) is 16.3. The van der Waals surface area contributed by atoms with Crippen molar-refractivity contribution >= 4 is 5.69 Å². The molecule has 0 spiro atoms. The number of rotatable bonds is 2. The van der Waals surface area contributed by atoms with E-state index in [1.807, 2.05) is 24.3 Å². The summed E-state index contributed by atoms with van der Waals surface area (Å²) in [5, 5.41) is 9.32. The van der Waals surface area contributed by atoms with Crippen LogP contribution in [0.2, 0.25) is 0 Å². The Morgan fingerprint density at radius 2 is 1.20 bits per heavy atom. The highest BCUT2D eigenvalue weighted by Crippen LogP contribution is 2.50. The summed E-state index contributed by atoms with van der Waals surface area (Å²) in [7, 11) is 0. The first-order valence-electron chi connectivity index (χ1n) is 9.93. The van der Waals surface area contributed by atoms with E-state index in [4.69, 9.17) is 6.57 Å². The SMILES string of the molecule is [C-]#[N+]c1ccc(C2(c3ccc(C#N)cc3)c3ccccc3Cc3ccccc32)cc1. The molecule has 1 aliphatic carbocycles. The number of hydrogen-bond acceptors (Lipinski definition) is 1. The van der Waals surface area contributed by atoms with E-state index in [1.54, 1.807) is 0 Å². The molecule has 0 fully saturated rings. The molecule has 140 valence electrons. The van der Waals surface area contributed by atoms with Crippen molar-refractivity contribution in [3.8, 4) is 6.07 Å². The van der Waals surface area contributed by atoms with Crippen LogP contribution < -0.4 is 0 Å². The Balaban J connectivity index is 1.92. The Kier molecular flexibility index (Phi) is 4.20. The molecule has 0 atom stereocenters. The highest BCUT2D eigenvalue weighted by molar-refractivity contribution is 5.67. The fourth-order valence-electron chi connectivity index (χ4n) is 4.80. The van der Waals surface area contributed by atoms with Gasteiger partial charge in [-0.05, 0) is 51.9 Å². The fourth-order valence-corrected chi connectivity index (χ4v) is 4.80. The average Bonchev–Trinajstić information content (AvgIpc) is 2.83. The fraction of sp³-hybridized carbons (Fsp3) is 0.0714. The van der Waals surface area contributed by atoms with Crippen LogP contribution in [0.5, 0.6) is 0 Å². The minimum Gasteiger partial charge on any atom is -0.238 e. The van der Waals surface area contributed by atoms with Crippen LogP contribution >= 0.6 is 0 Å². The van der Waals surface area contributed by atoms with Crippen LogP contribution in [0.3, 0.4) is 0 Å². The number of nitrogens with zero attached hydrogens (tertiary/aromatic N) is 2. The third-order valence-electron chi connectivity index (χ3n) is 6.10. The monoisotopic (exact) mass is 382 g/mol. The maximum Gasteiger partial charge on any atom is 0.187 e. The van der Waals surface area contributed by atoms with E-state index >= 15 is 0 Å². The van der Waals surface area contributed by atoms with Gasteiger partial charge in [-0.2, -0.15) is 5.26 Å². The molecular formula is C28H18N2. The van der Waals surface area contributed by atoms with Crippen LogP contribution in [0.1, 0.15) is 38.9 Å². The number of nitriles is 1. The van der Waals surface area contributed by atoms with Crippen molar-refractivity contribution in [2.24, 2.45) is 0 Å². The summed E-state index contributed by atoms with van der Waals surface area (Å²) in [5.41, 5.74) is 8.13. The van der Waals surface area contributed by atoms with Gasteiger partial charge in [-0.25, -0.2) is 4.85 Å². The van der Waals surface area contributed by atoms with Crippen molar-refractivity contribution in [2.75, 3.05) is 0 Å². The van der Waals surface area contributed by atoms with Crippen LogP contribution in [-0.4, -0.2) is 0 Å². The molecule has 0 aliphatic heterocycles. The molecule has 0 heterocycles. The van der Waals surface area contributed by atoms with Crippen molar-refractivity contribution < 1.29 is 0 Å². The minimum atomic E-state index is -0.500. The van der Waals surface area contributed by atoms with E-state index in [2.05, 4.69) is 83.7 Å². The van der Waals surface area contributed by atoms with Crippen molar-refractivity contribution in [3.63, 3.8) is 0 Å². The van der Waals surface area contributed by atoms with Crippen LogP contribution in [0, 0.1) is 17.9 Å². The lowest BCUT2D eigenvalue weighted by Crippen LogP contribution is -2.36. The zero-order valence-corrected chi connectivity index (χ0v) is 16.3. The lowest BCUT2D eigenvalue weighted by Gasteiger charge is -2.42. The summed E-state index contributed by atoms with van der Waals surface area (Å²) in [6, 6.07) is 35.3. The highest BCUT2D eigenvalue weighted by atomic mass is 14.6. The molecule has 0 unspecified atom stereocenters. The summed E-state index contributed by atoms with van der Waals surface area (Å²) in [6.07, 6.45) is 0.893. The molecule has 2 heteroatoms. The smallest absolute Gasteiger partial charge is 0.187 e. The second kappa shape index (κ2) is 7.03. The van der Waals surface area contributed by atoms with Gasteiger partial charge in [0, 0.05) is 0 Å². The van der Waals surface area contributed by atoms with Gasteiger partial charge in [-0.3, -0.25) is 0 Å². The first-order valence-corrected chi connectivity index (χ1v) is 9.93. The molecule has 0 saturated carbocycles. The molecule has 0 saturated heterocycles. The second-order valence-electron chi connectivity index (χ2n) is 7.59. The lowest BCUT2D eigenvalue weighted by molar-refractivity contribution is 0.703. The van der Waals surface area contributed by atoms with E-state index in [-0.39, 0.29) is 0 Å². The topological polar surface area (TPSA) is 28.1 Å². The normalized spacial score (nSPS) is 13.4. The largest absolute Gasteiger partial charge is 0.238 e. The maximum atomic E-state index is 9.32. The van der Waals surface area contributed by atoms with Crippen LogP contribution in [-0.2, 0) is 11.8 Å². The molecule has 30 heavy (non-hydrogen) atoms. The van der Waals surface area contributed by atoms with Gasteiger partial charge in [0.15, 0.2) is 5.69 Å². The van der Waals surface area contributed by atoms with E-state index in [0.29, 0.717) is 11.3 Å². The highest BCUT2D eigenvalue weighted by Gasteiger charge is 2.43. The number of fused-ring (bicyclic) bond motifs is 2. The van der Waals surface area contributed by atoms with Crippen molar-refractivity contribution in [3.05, 3.63) is 147 Å². The molecule has 4 aromatic rings. The van der Waals surface area contributed by atoms with Gasteiger partial charge in [0.25, 0.3) is 0 Å². The van der Waals surface area contributed by atoms with Crippen molar-refractivity contribution in [2.45, 2.75) is 11.8 Å². The molecule has 0 radical (unpaired) electrons. The summed E-state index contributed by atoms with van der Waals surface area (Å²) >= 11 is 0. The Morgan fingerprint density at radius 1 is 0.700 bits per heavy atom. The van der Waals surface area contributed by atoms with Gasteiger partial charge in [0.2, 0.25) is 0 Å². The standard InChI is InChI=1S/C28H18N2/c1-30-25-16-14-24(15-17-25)28(23-12-10-20(19-29)11-13-23)26-8-4-2-6-21(26)18-22-7-3-5-9-27(22)28/h2-17H,18H2. The predicted molar refractivity (Wildman–Crippen MR) is 119 cm³/mol. The molecule has 0 N–H and O–H groups in total. The molecule has 5 rings (SSSR count). The van der Waals surface area contributed by atoms with Crippen molar-refractivity contribution in [1.29, 1.82) is 5.26 Å². The average molecular weight is 382 g/mol. The summed E-state index contributed by atoms with van der Waals surface area (Å²) < 4.78 is 0. The first kappa shape index (κ1) is 17.9. The van der Waals surface area contributed by atoms with E-state index < -0.39 is 5.41 Å². The van der Waals surface area contributed by atoms with Crippen LogP contribution in [0.15, 0.2) is 97.1 Å². The molecule has 0 amide bonds. The molecule has 2 nitrogen and oxygen atoms in total. The Hall–Kier alpha value is -4.14. The van der Waals surface area contributed by atoms with Crippen LogP contribution in [0.25, 0.3) is 4.85 Å².